The fourth-order valence-electron chi connectivity index (χ4n) is 1.89. The molecule has 0 fully saturated rings. The van der Waals surface area contributed by atoms with Gasteiger partial charge >= 0.3 is 0 Å². The molecule has 1 amide bonds. The first kappa shape index (κ1) is 15.0. The third kappa shape index (κ3) is 4.02. The number of carbonyl (C=O) groups excluding carboxylic acids is 1. The van der Waals surface area contributed by atoms with E-state index in [1.807, 2.05) is 63.2 Å². The minimum absolute atomic E-state index is 0.0994. The molecule has 1 N–H and O–H groups in total. The number of amides is 1. The van der Waals surface area contributed by atoms with E-state index in [1.54, 1.807) is 0 Å². The predicted molar refractivity (Wildman–Crippen MR) is 83.4 cm³/mol. The lowest BCUT2D eigenvalue weighted by atomic mass is 10.1. The maximum Gasteiger partial charge on any atom is 0.251 e. The van der Waals surface area contributed by atoms with Gasteiger partial charge in [-0.1, -0.05) is 17.7 Å². The average molecular weight is 284 g/mol. The van der Waals surface area contributed by atoms with Crippen molar-refractivity contribution in [3.05, 3.63) is 52.8 Å². The Kier molecular flexibility index (Phi) is 4.52. The van der Waals surface area contributed by atoms with Gasteiger partial charge in [0.2, 0.25) is 5.95 Å². The van der Waals surface area contributed by atoms with Crippen LogP contribution in [-0.4, -0.2) is 30.0 Å². The Balaban J connectivity index is 2.05. The van der Waals surface area contributed by atoms with Crippen LogP contribution in [-0.2, 0) is 6.54 Å². The van der Waals surface area contributed by atoms with Gasteiger partial charge in [-0.05, 0) is 32.0 Å². The summed E-state index contributed by atoms with van der Waals surface area (Å²) < 4.78 is 0. The quantitative estimate of drug-likeness (QED) is 0.934. The zero-order valence-electron chi connectivity index (χ0n) is 12.8. The van der Waals surface area contributed by atoms with Crippen LogP contribution in [0, 0.1) is 13.8 Å². The van der Waals surface area contributed by atoms with Crippen LogP contribution in [0.5, 0.6) is 0 Å². The van der Waals surface area contributed by atoms with Crippen LogP contribution in [0.1, 0.15) is 27.3 Å². The number of aromatic nitrogens is 2. The van der Waals surface area contributed by atoms with Crippen molar-refractivity contribution in [1.29, 1.82) is 0 Å². The SMILES string of the molecule is Cc1ccc(C(=O)NCc2cc(C)nc(N(C)C)n2)cc1. The van der Waals surface area contributed by atoms with Gasteiger partial charge in [0, 0.05) is 25.4 Å². The Bertz CT molecular complexity index is 635. The monoisotopic (exact) mass is 284 g/mol. The summed E-state index contributed by atoms with van der Waals surface area (Å²) in [4.78, 5) is 22.7. The standard InChI is InChI=1S/C16H20N4O/c1-11-5-7-13(8-6-11)15(21)17-10-14-9-12(2)18-16(19-14)20(3)4/h5-9H,10H2,1-4H3,(H,17,21). The van der Waals surface area contributed by atoms with E-state index in [1.165, 1.54) is 0 Å². The molecular formula is C16H20N4O. The molecule has 1 aromatic heterocycles. The summed E-state index contributed by atoms with van der Waals surface area (Å²) in [5, 5.41) is 2.88. The largest absolute Gasteiger partial charge is 0.347 e. The van der Waals surface area contributed by atoms with Crippen molar-refractivity contribution in [2.45, 2.75) is 20.4 Å². The molecule has 2 aromatic rings. The lowest BCUT2D eigenvalue weighted by Gasteiger charge is -2.12. The van der Waals surface area contributed by atoms with Gasteiger partial charge in [-0.3, -0.25) is 4.79 Å². The average Bonchev–Trinajstić information content (AvgIpc) is 2.45. The minimum atomic E-state index is -0.0994. The first-order valence-corrected chi connectivity index (χ1v) is 6.82. The Morgan fingerprint density at radius 3 is 2.43 bits per heavy atom. The van der Waals surface area contributed by atoms with Gasteiger partial charge < -0.3 is 10.2 Å². The Morgan fingerprint density at radius 2 is 1.81 bits per heavy atom. The Labute approximate surface area is 125 Å². The number of benzene rings is 1. The summed E-state index contributed by atoms with van der Waals surface area (Å²) in [6.45, 7) is 4.30. The van der Waals surface area contributed by atoms with Crippen LogP contribution in [0.15, 0.2) is 30.3 Å². The highest BCUT2D eigenvalue weighted by atomic mass is 16.1. The predicted octanol–water partition coefficient (Wildman–Crippen LogP) is 2.09. The fourth-order valence-corrected chi connectivity index (χ4v) is 1.89. The van der Waals surface area contributed by atoms with E-state index in [9.17, 15) is 4.79 Å². The molecule has 5 nitrogen and oxygen atoms in total. The van der Waals surface area contributed by atoms with Gasteiger partial charge in [-0.2, -0.15) is 0 Å². The second kappa shape index (κ2) is 6.35. The van der Waals surface area contributed by atoms with E-state index >= 15 is 0 Å². The number of hydrogen-bond donors (Lipinski definition) is 1. The lowest BCUT2D eigenvalue weighted by Crippen LogP contribution is -2.24. The molecule has 2 rings (SSSR count). The normalized spacial score (nSPS) is 10.3. The number of nitrogens with one attached hydrogen (secondary N) is 1. The van der Waals surface area contributed by atoms with E-state index < -0.39 is 0 Å². The Hall–Kier alpha value is -2.43. The number of anilines is 1. The van der Waals surface area contributed by atoms with Crippen molar-refractivity contribution in [3.8, 4) is 0 Å². The molecule has 0 aliphatic carbocycles. The van der Waals surface area contributed by atoms with Crippen molar-refractivity contribution in [1.82, 2.24) is 15.3 Å². The molecule has 0 saturated carbocycles. The molecule has 21 heavy (non-hydrogen) atoms. The topological polar surface area (TPSA) is 58.1 Å². The molecule has 1 heterocycles. The highest BCUT2D eigenvalue weighted by Gasteiger charge is 2.07. The summed E-state index contributed by atoms with van der Waals surface area (Å²) in [5.74, 6) is 0.548. The van der Waals surface area contributed by atoms with Gasteiger partial charge in [0.15, 0.2) is 0 Å². The van der Waals surface area contributed by atoms with Crippen LogP contribution in [0.3, 0.4) is 0 Å². The number of carbonyl (C=O) groups is 1. The maximum absolute atomic E-state index is 12.1. The molecule has 5 heteroatoms. The molecule has 0 aliphatic heterocycles. The van der Waals surface area contributed by atoms with Gasteiger partial charge in [-0.15, -0.1) is 0 Å². The molecular weight excluding hydrogens is 264 g/mol. The highest BCUT2D eigenvalue weighted by molar-refractivity contribution is 5.94. The van der Waals surface area contributed by atoms with E-state index in [0.29, 0.717) is 18.1 Å². The summed E-state index contributed by atoms with van der Waals surface area (Å²) in [7, 11) is 3.78. The van der Waals surface area contributed by atoms with E-state index in [2.05, 4.69) is 15.3 Å². The third-order valence-electron chi connectivity index (χ3n) is 3.04. The van der Waals surface area contributed by atoms with Gasteiger partial charge in [0.1, 0.15) is 0 Å². The summed E-state index contributed by atoms with van der Waals surface area (Å²) >= 11 is 0. The molecule has 0 atom stereocenters. The molecule has 0 saturated heterocycles. The minimum Gasteiger partial charge on any atom is -0.347 e. The van der Waals surface area contributed by atoms with Crippen molar-refractivity contribution < 1.29 is 4.79 Å². The molecule has 0 radical (unpaired) electrons. The molecule has 0 bridgehead atoms. The van der Waals surface area contributed by atoms with E-state index in [4.69, 9.17) is 0 Å². The fraction of sp³-hybridized carbons (Fsp3) is 0.312. The number of rotatable bonds is 4. The van der Waals surface area contributed by atoms with Crippen molar-refractivity contribution in [3.63, 3.8) is 0 Å². The Morgan fingerprint density at radius 1 is 1.14 bits per heavy atom. The zero-order chi connectivity index (χ0) is 15.4. The number of nitrogens with zero attached hydrogens (tertiary/aromatic N) is 3. The van der Waals surface area contributed by atoms with Crippen LogP contribution in [0.4, 0.5) is 5.95 Å². The third-order valence-corrected chi connectivity index (χ3v) is 3.04. The van der Waals surface area contributed by atoms with Crippen LogP contribution < -0.4 is 10.2 Å². The highest BCUT2D eigenvalue weighted by Crippen LogP contribution is 2.08. The molecule has 0 unspecified atom stereocenters. The summed E-state index contributed by atoms with van der Waals surface area (Å²) in [5.41, 5.74) is 3.47. The zero-order valence-corrected chi connectivity index (χ0v) is 12.8. The first-order valence-electron chi connectivity index (χ1n) is 6.82. The first-order chi connectivity index (χ1) is 9.95. The number of aryl methyl sites for hydroxylation is 2. The lowest BCUT2D eigenvalue weighted by molar-refractivity contribution is 0.0950. The second-order valence-electron chi connectivity index (χ2n) is 5.24. The van der Waals surface area contributed by atoms with E-state index in [0.717, 1.165) is 17.0 Å². The van der Waals surface area contributed by atoms with Crippen molar-refractivity contribution in [2.24, 2.45) is 0 Å². The van der Waals surface area contributed by atoms with Crippen LogP contribution >= 0.6 is 0 Å². The van der Waals surface area contributed by atoms with Gasteiger partial charge in [-0.25, -0.2) is 9.97 Å². The molecule has 1 aromatic carbocycles. The smallest absolute Gasteiger partial charge is 0.251 e. The van der Waals surface area contributed by atoms with Gasteiger partial charge in [0.25, 0.3) is 5.91 Å². The number of hydrogen-bond acceptors (Lipinski definition) is 4. The van der Waals surface area contributed by atoms with E-state index in [-0.39, 0.29) is 5.91 Å². The van der Waals surface area contributed by atoms with Gasteiger partial charge in [0.05, 0.1) is 12.2 Å². The second-order valence-corrected chi connectivity index (χ2v) is 5.24. The van der Waals surface area contributed by atoms with Crippen molar-refractivity contribution >= 4 is 11.9 Å². The van der Waals surface area contributed by atoms with Crippen molar-refractivity contribution in [2.75, 3.05) is 19.0 Å². The summed E-state index contributed by atoms with van der Waals surface area (Å²) in [6, 6.07) is 9.37. The summed E-state index contributed by atoms with van der Waals surface area (Å²) in [6.07, 6.45) is 0. The van der Waals surface area contributed by atoms with Crippen LogP contribution in [0.25, 0.3) is 0 Å². The van der Waals surface area contributed by atoms with Crippen LogP contribution in [0.2, 0.25) is 0 Å². The molecule has 0 spiro atoms. The maximum atomic E-state index is 12.1. The molecule has 0 aliphatic rings. The molecule has 110 valence electrons.